The average molecular weight is 469 g/mol. The first-order valence-electron chi connectivity index (χ1n) is 11.2. The smallest absolute Gasteiger partial charge is 0.257 e. The molecule has 2 heterocycles. The zero-order valence-corrected chi connectivity index (χ0v) is 19.9. The van der Waals surface area contributed by atoms with Crippen molar-refractivity contribution in [3.05, 3.63) is 58.7 Å². The number of aromatic nitrogens is 2. The summed E-state index contributed by atoms with van der Waals surface area (Å²) in [5, 5.41) is 11.7. The summed E-state index contributed by atoms with van der Waals surface area (Å²) in [6, 6.07) is 11.3. The van der Waals surface area contributed by atoms with Crippen LogP contribution in [0.2, 0.25) is 5.02 Å². The molecule has 33 heavy (non-hydrogen) atoms. The van der Waals surface area contributed by atoms with Gasteiger partial charge in [-0.25, -0.2) is 0 Å². The maximum absolute atomic E-state index is 13.1. The predicted octanol–water partition coefficient (Wildman–Crippen LogP) is 4.96. The molecule has 2 aromatic carbocycles. The fourth-order valence-corrected chi connectivity index (χ4v) is 4.10. The fourth-order valence-electron chi connectivity index (χ4n) is 3.89. The molecule has 1 aliphatic heterocycles. The Morgan fingerprint density at radius 3 is 2.67 bits per heavy atom. The monoisotopic (exact) mass is 468 g/mol. The first kappa shape index (κ1) is 23.3. The molecule has 174 valence electrons. The minimum atomic E-state index is -0.486. The number of carbonyl (C=O) groups is 2. The third-order valence-electron chi connectivity index (χ3n) is 5.84. The second kappa shape index (κ2) is 9.53. The highest BCUT2D eigenvalue weighted by atomic mass is 35.5. The highest BCUT2D eigenvalue weighted by Crippen LogP contribution is 2.30. The van der Waals surface area contributed by atoms with E-state index in [1.54, 1.807) is 24.4 Å². The Kier molecular flexibility index (Phi) is 6.72. The van der Waals surface area contributed by atoms with Gasteiger partial charge in [0.15, 0.2) is 0 Å². The fraction of sp³-hybridized carbons (Fsp3) is 0.400. The van der Waals surface area contributed by atoms with Gasteiger partial charge >= 0.3 is 0 Å². The quantitative estimate of drug-likeness (QED) is 0.554. The zero-order chi connectivity index (χ0) is 23.6. The normalized spacial score (nSPS) is 14.9. The minimum absolute atomic E-state index is 0.0586. The Hall–Kier alpha value is -2.90. The number of carbonyl (C=O) groups excluding carboxylic acids is 2. The lowest BCUT2D eigenvalue weighted by Crippen LogP contribution is -2.34. The number of hydrogen-bond acceptors (Lipinski definition) is 4. The first-order chi connectivity index (χ1) is 15.7. The van der Waals surface area contributed by atoms with Gasteiger partial charge in [0, 0.05) is 30.6 Å². The molecule has 4 rings (SSSR count). The van der Waals surface area contributed by atoms with Crippen LogP contribution in [0.25, 0.3) is 10.9 Å². The van der Waals surface area contributed by atoms with E-state index in [1.807, 2.05) is 43.7 Å². The Bertz CT molecular complexity index is 1180. The van der Waals surface area contributed by atoms with Crippen molar-refractivity contribution < 1.29 is 14.3 Å². The van der Waals surface area contributed by atoms with Gasteiger partial charge in [0.2, 0.25) is 5.91 Å². The van der Waals surface area contributed by atoms with Gasteiger partial charge in [0.25, 0.3) is 5.91 Å². The van der Waals surface area contributed by atoms with Crippen LogP contribution >= 0.6 is 11.6 Å². The number of rotatable bonds is 5. The number of anilines is 1. The molecule has 7 nitrogen and oxygen atoms in total. The standard InChI is InChI=1S/C25H29ClN4O3/c1-25(2,3)24(32)27-14-16-7-8-20(26)18(13-16)23(31)29-21-5-4-6-22-19(21)15-28-30(22)17-9-11-33-12-10-17/h4-8,13,15,17H,9-12,14H2,1-3H3,(H,27,32)(H,29,31). The molecular formula is C25H29ClN4O3. The van der Waals surface area contributed by atoms with Crippen LogP contribution in [0.4, 0.5) is 5.69 Å². The van der Waals surface area contributed by atoms with E-state index in [9.17, 15) is 9.59 Å². The molecule has 0 radical (unpaired) electrons. The molecule has 0 aliphatic carbocycles. The molecule has 1 fully saturated rings. The third-order valence-corrected chi connectivity index (χ3v) is 6.17. The number of hydrogen-bond donors (Lipinski definition) is 2. The van der Waals surface area contributed by atoms with Gasteiger partial charge in [-0.2, -0.15) is 5.10 Å². The molecule has 2 N–H and O–H groups in total. The van der Waals surface area contributed by atoms with Gasteiger partial charge in [-0.3, -0.25) is 14.3 Å². The molecule has 0 unspecified atom stereocenters. The Morgan fingerprint density at radius 1 is 1.18 bits per heavy atom. The molecular weight excluding hydrogens is 440 g/mol. The van der Waals surface area contributed by atoms with E-state index in [2.05, 4.69) is 15.7 Å². The van der Waals surface area contributed by atoms with E-state index in [4.69, 9.17) is 16.3 Å². The number of nitrogens with zero attached hydrogens (tertiary/aromatic N) is 2. The second-order valence-electron chi connectivity index (χ2n) is 9.37. The van der Waals surface area contributed by atoms with Crippen LogP contribution in [0, 0.1) is 5.41 Å². The molecule has 1 aromatic heterocycles. The Morgan fingerprint density at radius 2 is 1.94 bits per heavy atom. The van der Waals surface area contributed by atoms with Crippen molar-refractivity contribution in [3.8, 4) is 0 Å². The van der Waals surface area contributed by atoms with E-state index in [-0.39, 0.29) is 17.9 Å². The maximum Gasteiger partial charge on any atom is 0.257 e. The van der Waals surface area contributed by atoms with Crippen LogP contribution in [0.1, 0.15) is 55.6 Å². The van der Waals surface area contributed by atoms with Crippen molar-refractivity contribution in [2.75, 3.05) is 18.5 Å². The van der Waals surface area contributed by atoms with Crippen molar-refractivity contribution in [1.82, 2.24) is 15.1 Å². The van der Waals surface area contributed by atoms with Crippen molar-refractivity contribution in [2.45, 2.75) is 46.2 Å². The van der Waals surface area contributed by atoms with E-state index in [0.717, 1.165) is 42.5 Å². The van der Waals surface area contributed by atoms with E-state index in [1.165, 1.54) is 0 Å². The summed E-state index contributed by atoms with van der Waals surface area (Å²) in [4.78, 5) is 25.3. The Balaban J connectivity index is 1.53. The number of nitrogens with one attached hydrogen (secondary N) is 2. The molecule has 0 spiro atoms. The summed E-state index contributed by atoms with van der Waals surface area (Å²) in [7, 11) is 0. The topological polar surface area (TPSA) is 85.3 Å². The van der Waals surface area contributed by atoms with E-state index in [0.29, 0.717) is 22.8 Å². The number of amides is 2. The summed E-state index contributed by atoms with van der Waals surface area (Å²) >= 11 is 6.34. The number of benzene rings is 2. The van der Waals surface area contributed by atoms with Gasteiger partial charge in [-0.1, -0.05) is 44.5 Å². The van der Waals surface area contributed by atoms with E-state index < -0.39 is 5.41 Å². The zero-order valence-electron chi connectivity index (χ0n) is 19.2. The lowest BCUT2D eigenvalue weighted by molar-refractivity contribution is -0.128. The van der Waals surface area contributed by atoms with Gasteiger partial charge in [0.05, 0.1) is 34.0 Å². The molecule has 8 heteroatoms. The molecule has 0 bridgehead atoms. The van der Waals surface area contributed by atoms with Crippen molar-refractivity contribution in [3.63, 3.8) is 0 Å². The maximum atomic E-state index is 13.1. The first-order valence-corrected chi connectivity index (χ1v) is 11.5. The van der Waals surface area contributed by atoms with Crippen molar-refractivity contribution >= 4 is 40.0 Å². The summed E-state index contributed by atoms with van der Waals surface area (Å²) in [6.45, 7) is 7.34. The summed E-state index contributed by atoms with van der Waals surface area (Å²) in [5.41, 5.74) is 2.32. The largest absolute Gasteiger partial charge is 0.381 e. The highest BCUT2D eigenvalue weighted by Gasteiger charge is 2.22. The minimum Gasteiger partial charge on any atom is -0.381 e. The van der Waals surface area contributed by atoms with Crippen LogP contribution in [0.5, 0.6) is 0 Å². The van der Waals surface area contributed by atoms with Crippen LogP contribution < -0.4 is 10.6 Å². The van der Waals surface area contributed by atoms with Crippen LogP contribution in [-0.2, 0) is 16.1 Å². The number of ether oxygens (including phenoxy) is 1. The SMILES string of the molecule is CC(C)(C)C(=O)NCc1ccc(Cl)c(C(=O)Nc2cccc3c2cnn3C2CCOCC2)c1. The molecule has 3 aromatic rings. The van der Waals surface area contributed by atoms with Gasteiger partial charge in [-0.05, 0) is 42.7 Å². The predicted molar refractivity (Wildman–Crippen MR) is 130 cm³/mol. The molecule has 0 saturated carbocycles. The van der Waals surface area contributed by atoms with Crippen LogP contribution in [0.3, 0.4) is 0 Å². The number of halogens is 1. The van der Waals surface area contributed by atoms with Gasteiger partial charge in [-0.15, -0.1) is 0 Å². The van der Waals surface area contributed by atoms with Gasteiger partial charge in [0.1, 0.15) is 0 Å². The Labute approximate surface area is 198 Å². The lowest BCUT2D eigenvalue weighted by atomic mass is 9.95. The number of fused-ring (bicyclic) bond motifs is 1. The summed E-state index contributed by atoms with van der Waals surface area (Å²) in [6.07, 6.45) is 3.63. The van der Waals surface area contributed by atoms with Crippen molar-refractivity contribution in [2.24, 2.45) is 5.41 Å². The van der Waals surface area contributed by atoms with Crippen molar-refractivity contribution in [1.29, 1.82) is 0 Å². The highest BCUT2D eigenvalue weighted by molar-refractivity contribution is 6.34. The lowest BCUT2D eigenvalue weighted by Gasteiger charge is -2.23. The summed E-state index contributed by atoms with van der Waals surface area (Å²) < 4.78 is 7.50. The molecule has 2 amide bonds. The average Bonchev–Trinajstić information content (AvgIpc) is 3.23. The molecule has 0 atom stereocenters. The molecule has 1 saturated heterocycles. The van der Waals surface area contributed by atoms with Crippen LogP contribution in [0.15, 0.2) is 42.6 Å². The van der Waals surface area contributed by atoms with Gasteiger partial charge < -0.3 is 15.4 Å². The van der Waals surface area contributed by atoms with E-state index >= 15 is 0 Å². The van der Waals surface area contributed by atoms with Crippen LogP contribution in [-0.4, -0.2) is 34.8 Å². The second-order valence-corrected chi connectivity index (χ2v) is 9.78. The molecule has 1 aliphatic rings. The third kappa shape index (κ3) is 5.20. The summed E-state index contributed by atoms with van der Waals surface area (Å²) in [5.74, 6) is -0.369.